The number of nitrogen functional groups attached to an aromatic ring is 1. The van der Waals surface area contributed by atoms with Crippen LogP contribution in [0.25, 0.3) is 0 Å². The number of hydrogen-bond acceptors (Lipinski definition) is 3. The number of rotatable bonds is 3. The number of anilines is 1. The molecule has 0 saturated carbocycles. The number of amides is 1. The SMILES string of the molecule is Cc1cccc(CNC(=O)c2ccc(N)c(F)c2)n1. The van der Waals surface area contributed by atoms with Gasteiger partial charge in [0.15, 0.2) is 0 Å². The molecule has 0 aliphatic rings. The van der Waals surface area contributed by atoms with Crippen molar-refractivity contribution in [2.24, 2.45) is 0 Å². The molecule has 3 N–H and O–H groups in total. The van der Waals surface area contributed by atoms with Crippen LogP contribution >= 0.6 is 0 Å². The molecule has 0 atom stereocenters. The van der Waals surface area contributed by atoms with Crippen molar-refractivity contribution in [3.8, 4) is 0 Å². The average molecular weight is 259 g/mol. The normalized spacial score (nSPS) is 10.2. The lowest BCUT2D eigenvalue weighted by atomic mass is 10.2. The largest absolute Gasteiger partial charge is 0.396 e. The van der Waals surface area contributed by atoms with E-state index in [1.165, 1.54) is 12.1 Å². The summed E-state index contributed by atoms with van der Waals surface area (Å²) in [4.78, 5) is 16.1. The number of nitrogens with one attached hydrogen (secondary N) is 1. The molecule has 5 heteroatoms. The summed E-state index contributed by atoms with van der Waals surface area (Å²) in [5, 5.41) is 2.68. The van der Waals surface area contributed by atoms with Crippen LogP contribution in [0.15, 0.2) is 36.4 Å². The molecule has 0 aliphatic carbocycles. The van der Waals surface area contributed by atoms with Crippen molar-refractivity contribution in [3.63, 3.8) is 0 Å². The predicted octanol–water partition coefficient (Wildman–Crippen LogP) is 2.04. The zero-order chi connectivity index (χ0) is 13.8. The highest BCUT2D eigenvalue weighted by Gasteiger charge is 2.08. The van der Waals surface area contributed by atoms with Crippen LogP contribution in [0.3, 0.4) is 0 Å². The van der Waals surface area contributed by atoms with Gasteiger partial charge in [-0.2, -0.15) is 0 Å². The fourth-order valence-corrected chi connectivity index (χ4v) is 1.64. The summed E-state index contributed by atoms with van der Waals surface area (Å²) in [6.07, 6.45) is 0. The second kappa shape index (κ2) is 5.48. The van der Waals surface area contributed by atoms with E-state index < -0.39 is 5.82 Å². The fourth-order valence-electron chi connectivity index (χ4n) is 1.64. The number of aromatic nitrogens is 1. The standard InChI is InChI=1S/C14H14FN3O/c1-9-3-2-4-11(18-9)8-17-14(19)10-5-6-13(16)12(15)7-10/h2-7H,8,16H2,1H3,(H,17,19). The molecule has 2 rings (SSSR count). The number of benzene rings is 1. The smallest absolute Gasteiger partial charge is 0.251 e. The molecular weight excluding hydrogens is 245 g/mol. The highest BCUT2D eigenvalue weighted by Crippen LogP contribution is 2.11. The summed E-state index contributed by atoms with van der Waals surface area (Å²) in [6.45, 7) is 2.17. The molecule has 98 valence electrons. The first-order chi connectivity index (χ1) is 9.06. The van der Waals surface area contributed by atoms with Gasteiger partial charge < -0.3 is 11.1 Å². The van der Waals surface area contributed by atoms with Crippen molar-refractivity contribution < 1.29 is 9.18 Å². The van der Waals surface area contributed by atoms with E-state index in [1.54, 1.807) is 0 Å². The van der Waals surface area contributed by atoms with Gasteiger partial charge in [-0.25, -0.2) is 4.39 Å². The number of aryl methyl sites for hydroxylation is 1. The lowest BCUT2D eigenvalue weighted by Gasteiger charge is -2.06. The monoisotopic (exact) mass is 259 g/mol. The Morgan fingerprint density at radius 1 is 1.37 bits per heavy atom. The molecule has 0 bridgehead atoms. The molecule has 0 spiro atoms. The van der Waals surface area contributed by atoms with Crippen LogP contribution < -0.4 is 11.1 Å². The summed E-state index contributed by atoms with van der Waals surface area (Å²) < 4.78 is 13.2. The third-order valence-corrected chi connectivity index (χ3v) is 2.64. The topological polar surface area (TPSA) is 68.0 Å². The van der Waals surface area contributed by atoms with E-state index in [0.29, 0.717) is 6.54 Å². The average Bonchev–Trinajstić information content (AvgIpc) is 2.39. The highest BCUT2D eigenvalue weighted by molar-refractivity contribution is 5.94. The summed E-state index contributed by atoms with van der Waals surface area (Å²) >= 11 is 0. The van der Waals surface area contributed by atoms with Gasteiger partial charge in [0.05, 0.1) is 17.9 Å². The van der Waals surface area contributed by atoms with Crippen molar-refractivity contribution in [3.05, 3.63) is 59.2 Å². The van der Waals surface area contributed by atoms with Gasteiger partial charge in [-0.15, -0.1) is 0 Å². The molecule has 4 nitrogen and oxygen atoms in total. The van der Waals surface area contributed by atoms with E-state index in [1.807, 2.05) is 25.1 Å². The first kappa shape index (κ1) is 13.0. The fraction of sp³-hybridized carbons (Fsp3) is 0.143. The first-order valence-corrected chi connectivity index (χ1v) is 5.82. The number of halogens is 1. The van der Waals surface area contributed by atoms with Crippen molar-refractivity contribution >= 4 is 11.6 Å². The van der Waals surface area contributed by atoms with Gasteiger partial charge >= 0.3 is 0 Å². The third-order valence-electron chi connectivity index (χ3n) is 2.64. The maximum atomic E-state index is 13.2. The molecule has 0 fully saturated rings. The molecule has 0 unspecified atom stereocenters. The molecule has 2 aromatic rings. The number of hydrogen-bond donors (Lipinski definition) is 2. The Hall–Kier alpha value is -2.43. The van der Waals surface area contributed by atoms with Gasteiger partial charge in [0.1, 0.15) is 5.82 Å². The summed E-state index contributed by atoms with van der Waals surface area (Å²) in [7, 11) is 0. The van der Waals surface area contributed by atoms with Crippen molar-refractivity contribution in [1.82, 2.24) is 10.3 Å². The number of pyridine rings is 1. The Morgan fingerprint density at radius 3 is 2.84 bits per heavy atom. The van der Waals surface area contributed by atoms with Crippen molar-refractivity contribution in [1.29, 1.82) is 0 Å². The van der Waals surface area contributed by atoms with Crippen molar-refractivity contribution in [2.45, 2.75) is 13.5 Å². The van der Waals surface area contributed by atoms with Gasteiger partial charge in [0.25, 0.3) is 5.91 Å². The number of nitrogens with zero attached hydrogens (tertiary/aromatic N) is 1. The first-order valence-electron chi connectivity index (χ1n) is 5.82. The van der Waals surface area contributed by atoms with Crippen molar-refractivity contribution in [2.75, 3.05) is 5.73 Å². The Kier molecular flexibility index (Phi) is 3.75. The Balaban J connectivity index is 2.03. The summed E-state index contributed by atoms with van der Waals surface area (Å²) in [5.41, 5.74) is 7.25. The quantitative estimate of drug-likeness (QED) is 0.829. The maximum absolute atomic E-state index is 13.2. The second-order valence-electron chi connectivity index (χ2n) is 4.19. The Bertz CT molecular complexity index is 613. The molecule has 19 heavy (non-hydrogen) atoms. The zero-order valence-corrected chi connectivity index (χ0v) is 10.5. The number of carbonyl (C=O) groups excluding carboxylic acids is 1. The van der Waals surface area contributed by atoms with Crippen LogP contribution in [0.4, 0.5) is 10.1 Å². The lowest BCUT2D eigenvalue weighted by molar-refractivity contribution is 0.0950. The van der Waals surface area contributed by atoms with Crippen LogP contribution in [0.5, 0.6) is 0 Å². The Labute approximate surface area is 110 Å². The minimum Gasteiger partial charge on any atom is -0.396 e. The number of nitrogens with two attached hydrogens (primary N) is 1. The zero-order valence-electron chi connectivity index (χ0n) is 10.5. The molecule has 1 aromatic carbocycles. The second-order valence-corrected chi connectivity index (χ2v) is 4.19. The molecule has 0 aliphatic heterocycles. The minimum absolute atomic E-state index is 0.0249. The lowest BCUT2D eigenvalue weighted by Crippen LogP contribution is -2.23. The van der Waals surface area contributed by atoms with Gasteiger partial charge in [-0.3, -0.25) is 9.78 Å². The van der Waals surface area contributed by atoms with Gasteiger partial charge in [0.2, 0.25) is 0 Å². The van der Waals surface area contributed by atoms with E-state index in [2.05, 4.69) is 10.3 Å². The van der Waals surface area contributed by atoms with E-state index in [-0.39, 0.29) is 17.2 Å². The Morgan fingerprint density at radius 2 is 2.16 bits per heavy atom. The molecule has 0 saturated heterocycles. The van der Waals surface area contributed by atoms with Gasteiger partial charge in [-0.1, -0.05) is 6.07 Å². The molecule has 0 radical (unpaired) electrons. The van der Waals surface area contributed by atoms with Gasteiger partial charge in [-0.05, 0) is 37.3 Å². The van der Waals surface area contributed by atoms with Crippen LogP contribution in [0.1, 0.15) is 21.7 Å². The molecule has 1 aromatic heterocycles. The van der Waals surface area contributed by atoms with E-state index in [9.17, 15) is 9.18 Å². The van der Waals surface area contributed by atoms with E-state index in [4.69, 9.17) is 5.73 Å². The highest BCUT2D eigenvalue weighted by atomic mass is 19.1. The van der Waals surface area contributed by atoms with Gasteiger partial charge in [0, 0.05) is 11.3 Å². The molecule has 1 amide bonds. The molecule has 1 heterocycles. The van der Waals surface area contributed by atoms with E-state index in [0.717, 1.165) is 17.5 Å². The third kappa shape index (κ3) is 3.28. The summed E-state index contributed by atoms with van der Waals surface area (Å²) in [5.74, 6) is -0.955. The predicted molar refractivity (Wildman–Crippen MR) is 71.0 cm³/mol. The summed E-state index contributed by atoms with van der Waals surface area (Å²) in [6, 6.07) is 9.53. The minimum atomic E-state index is -0.596. The van der Waals surface area contributed by atoms with E-state index >= 15 is 0 Å². The molecular formula is C14H14FN3O. The maximum Gasteiger partial charge on any atom is 0.251 e. The van der Waals surface area contributed by atoms with Crippen LogP contribution in [0, 0.1) is 12.7 Å². The van der Waals surface area contributed by atoms with Crippen LogP contribution in [0.2, 0.25) is 0 Å². The van der Waals surface area contributed by atoms with Crippen LogP contribution in [-0.4, -0.2) is 10.9 Å². The van der Waals surface area contributed by atoms with Crippen LogP contribution in [-0.2, 0) is 6.54 Å². The number of carbonyl (C=O) groups is 1.